The third-order valence-corrected chi connectivity index (χ3v) is 5.74. The van der Waals surface area contributed by atoms with Crippen molar-refractivity contribution in [1.82, 2.24) is 10.2 Å². The van der Waals surface area contributed by atoms with E-state index in [1.165, 1.54) is 36.8 Å². The van der Waals surface area contributed by atoms with E-state index in [0.29, 0.717) is 19.4 Å². The molecule has 0 aromatic heterocycles. The van der Waals surface area contributed by atoms with Crippen molar-refractivity contribution in [2.45, 2.75) is 57.8 Å². The van der Waals surface area contributed by atoms with Gasteiger partial charge in [0, 0.05) is 26.1 Å². The zero-order chi connectivity index (χ0) is 18.9. The maximum Gasteiger partial charge on any atom is 0.224 e. The molecule has 1 saturated heterocycles. The Bertz CT molecular complexity index is 654. The SMILES string of the molecule is O=C(NCCC1=CCCCC1)[C@@H]1CCC(=O)N(CCCc2ccccc2)C1. The van der Waals surface area contributed by atoms with Gasteiger partial charge in [-0.05, 0) is 56.9 Å². The molecule has 1 aromatic carbocycles. The second-order valence-electron chi connectivity index (χ2n) is 7.81. The van der Waals surface area contributed by atoms with Crippen LogP contribution in [0.5, 0.6) is 0 Å². The number of carbonyl (C=O) groups is 2. The summed E-state index contributed by atoms with van der Waals surface area (Å²) in [7, 11) is 0. The van der Waals surface area contributed by atoms with E-state index in [1.807, 2.05) is 23.1 Å². The Balaban J connectivity index is 1.39. The third kappa shape index (κ3) is 6.23. The highest BCUT2D eigenvalue weighted by molar-refractivity contribution is 5.83. The number of nitrogens with one attached hydrogen (secondary N) is 1. The first-order valence-corrected chi connectivity index (χ1v) is 10.5. The molecule has 146 valence electrons. The number of rotatable bonds is 8. The number of piperidine rings is 1. The zero-order valence-electron chi connectivity index (χ0n) is 16.3. The Morgan fingerprint density at radius 3 is 2.74 bits per heavy atom. The van der Waals surface area contributed by atoms with Crippen LogP contribution in [-0.4, -0.2) is 36.3 Å². The molecule has 1 N–H and O–H groups in total. The van der Waals surface area contributed by atoms with Gasteiger partial charge >= 0.3 is 0 Å². The van der Waals surface area contributed by atoms with Crippen molar-refractivity contribution in [3.63, 3.8) is 0 Å². The number of hydrogen-bond acceptors (Lipinski definition) is 2. The summed E-state index contributed by atoms with van der Waals surface area (Å²) in [5.74, 6) is 0.256. The molecule has 3 rings (SSSR count). The van der Waals surface area contributed by atoms with Crippen LogP contribution < -0.4 is 5.32 Å². The van der Waals surface area contributed by atoms with Crippen LogP contribution in [0, 0.1) is 5.92 Å². The molecule has 4 nitrogen and oxygen atoms in total. The quantitative estimate of drug-likeness (QED) is 0.708. The van der Waals surface area contributed by atoms with Gasteiger partial charge in [0.2, 0.25) is 11.8 Å². The minimum atomic E-state index is -0.0558. The average Bonchev–Trinajstić information content (AvgIpc) is 2.71. The number of likely N-dealkylation sites (tertiary alicyclic amines) is 1. The Morgan fingerprint density at radius 2 is 1.96 bits per heavy atom. The highest BCUT2D eigenvalue weighted by Gasteiger charge is 2.29. The van der Waals surface area contributed by atoms with Crippen molar-refractivity contribution >= 4 is 11.8 Å². The van der Waals surface area contributed by atoms with E-state index in [9.17, 15) is 9.59 Å². The summed E-state index contributed by atoms with van der Waals surface area (Å²) in [6.45, 7) is 2.04. The van der Waals surface area contributed by atoms with Crippen molar-refractivity contribution in [2.75, 3.05) is 19.6 Å². The average molecular weight is 369 g/mol. The summed E-state index contributed by atoms with van der Waals surface area (Å²) < 4.78 is 0. The van der Waals surface area contributed by atoms with Crippen LogP contribution in [0.4, 0.5) is 0 Å². The van der Waals surface area contributed by atoms with Gasteiger partial charge in [0.1, 0.15) is 0 Å². The van der Waals surface area contributed by atoms with Crippen molar-refractivity contribution in [1.29, 1.82) is 0 Å². The summed E-state index contributed by atoms with van der Waals surface area (Å²) in [5, 5.41) is 3.10. The van der Waals surface area contributed by atoms with Gasteiger partial charge in [-0.2, -0.15) is 0 Å². The van der Waals surface area contributed by atoms with Crippen LogP contribution in [-0.2, 0) is 16.0 Å². The van der Waals surface area contributed by atoms with Crippen LogP contribution >= 0.6 is 0 Å². The predicted molar refractivity (Wildman–Crippen MR) is 108 cm³/mol. The number of amides is 2. The van der Waals surface area contributed by atoms with Crippen molar-refractivity contribution in [2.24, 2.45) is 5.92 Å². The monoisotopic (exact) mass is 368 g/mol. The molecule has 0 unspecified atom stereocenters. The van der Waals surface area contributed by atoms with Crippen molar-refractivity contribution in [3.05, 3.63) is 47.5 Å². The van der Waals surface area contributed by atoms with Crippen molar-refractivity contribution < 1.29 is 9.59 Å². The molecule has 0 spiro atoms. The number of aryl methyl sites for hydroxylation is 1. The number of nitrogens with zero attached hydrogens (tertiary/aromatic N) is 1. The molecule has 1 aromatic rings. The second kappa shape index (κ2) is 10.3. The second-order valence-corrected chi connectivity index (χ2v) is 7.81. The van der Waals surface area contributed by atoms with E-state index in [0.717, 1.165) is 32.4 Å². The molecule has 4 heteroatoms. The first-order chi connectivity index (χ1) is 13.2. The molecule has 1 atom stereocenters. The van der Waals surface area contributed by atoms with Crippen molar-refractivity contribution in [3.8, 4) is 0 Å². The van der Waals surface area contributed by atoms with E-state index in [4.69, 9.17) is 0 Å². The molecule has 1 heterocycles. The minimum absolute atomic E-state index is 0.0558. The van der Waals surface area contributed by atoms with Crippen LogP contribution in [0.3, 0.4) is 0 Å². The smallest absolute Gasteiger partial charge is 0.224 e. The number of hydrogen-bond donors (Lipinski definition) is 1. The highest BCUT2D eigenvalue weighted by Crippen LogP contribution is 2.21. The van der Waals surface area contributed by atoms with E-state index >= 15 is 0 Å². The van der Waals surface area contributed by atoms with Crippen LogP contribution in [0.15, 0.2) is 42.0 Å². The fraction of sp³-hybridized carbons (Fsp3) is 0.565. The molecule has 0 saturated carbocycles. The topological polar surface area (TPSA) is 49.4 Å². The molecule has 2 amide bonds. The summed E-state index contributed by atoms with van der Waals surface area (Å²) in [5.41, 5.74) is 2.79. The van der Waals surface area contributed by atoms with Gasteiger partial charge in [-0.1, -0.05) is 42.0 Å². The van der Waals surface area contributed by atoms with E-state index in [-0.39, 0.29) is 17.7 Å². The third-order valence-electron chi connectivity index (χ3n) is 5.74. The molecule has 1 fully saturated rings. The van der Waals surface area contributed by atoms with Gasteiger partial charge in [0.05, 0.1) is 5.92 Å². The highest BCUT2D eigenvalue weighted by atomic mass is 16.2. The lowest BCUT2D eigenvalue weighted by Crippen LogP contribution is -2.46. The van der Waals surface area contributed by atoms with Crippen LogP contribution in [0.2, 0.25) is 0 Å². The number of carbonyl (C=O) groups excluding carboxylic acids is 2. The molecular formula is C23H32N2O2. The standard InChI is InChI=1S/C23H32N2O2/c26-22-14-13-21(23(27)24-16-15-20-10-5-2-6-11-20)18-25(22)17-7-12-19-8-3-1-4-9-19/h1,3-4,8-10,21H,2,5-7,11-18H2,(H,24,27)/t21-/m1/s1. The summed E-state index contributed by atoms with van der Waals surface area (Å²) in [6, 6.07) is 10.4. The fourth-order valence-corrected chi connectivity index (χ4v) is 4.09. The molecule has 1 aliphatic heterocycles. The molecule has 0 bridgehead atoms. The predicted octanol–water partition coefficient (Wildman–Crippen LogP) is 3.86. The first-order valence-electron chi connectivity index (χ1n) is 10.5. The minimum Gasteiger partial charge on any atom is -0.355 e. The van der Waals surface area contributed by atoms with E-state index in [2.05, 4.69) is 23.5 Å². The lowest BCUT2D eigenvalue weighted by atomic mass is 9.95. The lowest BCUT2D eigenvalue weighted by molar-refractivity contribution is -0.138. The molecule has 1 aliphatic carbocycles. The Kier molecular flexibility index (Phi) is 7.49. The number of benzene rings is 1. The first kappa shape index (κ1) is 19.7. The molecule has 2 aliphatic rings. The molecular weight excluding hydrogens is 336 g/mol. The summed E-state index contributed by atoms with van der Waals surface area (Å²) in [6.07, 6.45) is 11.3. The van der Waals surface area contributed by atoms with Gasteiger partial charge in [-0.15, -0.1) is 0 Å². The van der Waals surface area contributed by atoms with Gasteiger partial charge in [-0.3, -0.25) is 9.59 Å². The van der Waals surface area contributed by atoms with E-state index in [1.54, 1.807) is 0 Å². The Labute approximate surface area is 163 Å². The summed E-state index contributed by atoms with van der Waals surface area (Å²) in [4.78, 5) is 26.6. The van der Waals surface area contributed by atoms with Gasteiger partial charge in [0.25, 0.3) is 0 Å². The zero-order valence-corrected chi connectivity index (χ0v) is 16.3. The normalized spacial score (nSPS) is 20.3. The maximum atomic E-state index is 12.5. The Morgan fingerprint density at radius 1 is 1.11 bits per heavy atom. The van der Waals surface area contributed by atoms with E-state index < -0.39 is 0 Å². The van der Waals surface area contributed by atoms with Crippen LogP contribution in [0.25, 0.3) is 0 Å². The molecule has 27 heavy (non-hydrogen) atoms. The maximum absolute atomic E-state index is 12.5. The van der Waals surface area contributed by atoms with Gasteiger partial charge in [0.15, 0.2) is 0 Å². The molecule has 0 radical (unpaired) electrons. The lowest BCUT2D eigenvalue weighted by Gasteiger charge is -2.32. The van der Waals surface area contributed by atoms with Gasteiger partial charge < -0.3 is 10.2 Å². The fourth-order valence-electron chi connectivity index (χ4n) is 4.09. The number of allylic oxidation sites excluding steroid dienone is 1. The largest absolute Gasteiger partial charge is 0.355 e. The Hall–Kier alpha value is -2.10. The van der Waals surface area contributed by atoms with Crippen LogP contribution in [0.1, 0.15) is 56.9 Å². The summed E-state index contributed by atoms with van der Waals surface area (Å²) >= 11 is 0. The van der Waals surface area contributed by atoms with Gasteiger partial charge in [-0.25, -0.2) is 0 Å².